The molecule has 0 bridgehead atoms. The fraction of sp³-hybridized carbons (Fsp3) is 0.533. The molecule has 0 aliphatic heterocycles. The van der Waals surface area contributed by atoms with Crippen LogP contribution in [-0.2, 0) is 0 Å². The largest absolute Gasteiger partial charge is 0.493 e. The highest BCUT2D eigenvalue weighted by Gasteiger charge is 2.23. The molecule has 20 heavy (non-hydrogen) atoms. The maximum absolute atomic E-state index is 12.1. The van der Waals surface area contributed by atoms with Crippen LogP contribution in [0.2, 0.25) is 0 Å². The molecule has 4 nitrogen and oxygen atoms in total. The van der Waals surface area contributed by atoms with Crippen LogP contribution in [0.1, 0.15) is 29.6 Å². The van der Waals surface area contributed by atoms with Crippen molar-refractivity contribution >= 4 is 17.5 Å². The molecule has 1 aromatic rings. The number of ether oxygens (including phenoxy) is 2. The van der Waals surface area contributed by atoms with Gasteiger partial charge in [0.25, 0.3) is 5.91 Å². The van der Waals surface area contributed by atoms with Crippen molar-refractivity contribution < 1.29 is 14.3 Å². The Morgan fingerprint density at radius 3 is 2.65 bits per heavy atom. The number of nitrogens with one attached hydrogen (secondary N) is 1. The SMILES string of the molecule is COc1ccc(C(=O)NCC2CCC(Cl)C2)cc1OC. The molecule has 1 amide bonds. The van der Waals surface area contributed by atoms with Crippen molar-refractivity contribution in [2.24, 2.45) is 5.92 Å². The first kappa shape index (κ1) is 15.0. The molecule has 0 saturated heterocycles. The smallest absolute Gasteiger partial charge is 0.251 e. The number of halogens is 1. The molecule has 2 rings (SSSR count). The molecule has 2 atom stereocenters. The van der Waals surface area contributed by atoms with E-state index in [1.165, 1.54) is 0 Å². The summed E-state index contributed by atoms with van der Waals surface area (Å²) in [7, 11) is 3.12. The molecule has 1 N–H and O–H groups in total. The van der Waals surface area contributed by atoms with E-state index in [0.29, 0.717) is 29.5 Å². The second kappa shape index (κ2) is 6.84. The molecule has 0 aromatic heterocycles. The van der Waals surface area contributed by atoms with Gasteiger partial charge in [-0.05, 0) is 43.4 Å². The molecule has 1 aliphatic carbocycles. The van der Waals surface area contributed by atoms with Crippen molar-refractivity contribution in [1.29, 1.82) is 0 Å². The highest BCUT2D eigenvalue weighted by molar-refractivity contribution is 6.20. The van der Waals surface area contributed by atoms with E-state index in [2.05, 4.69) is 5.32 Å². The predicted octanol–water partition coefficient (Wildman–Crippen LogP) is 2.84. The maximum Gasteiger partial charge on any atom is 0.251 e. The van der Waals surface area contributed by atoms with Gasteiger partial charge in [0.05, 0.1) is 14.2 Å². The van der Waals surface area contributed by atoms with Crippen LogP contribution >= 0.6 is 11.6 Å². The Morgan fingerprint density at radius 1 is 1.30 bits per heavy atom. The van der Waals surface area contributed by atoms with Crippen molar-refractivity contribution in [3.8, 4) is 11.5 Å². The van der Waals surface area contributed by atoms with E-state index in [9.17, 15) is 4.79 Å². The van der Waals surface area contributed by atoms with E-state index in [4.69, 9.17) is 21.1 Å². The van der Waals surface area contributed by atoms with Crippen molar-refractivity contribution in [2.45, 2.75) is 24.6 Å². The average molecular weight is 298 g/mol. The monoisotopic (exact) mass is 297 g/mol. The van der Waals surface area contributed by atoms with Gasteiger partial charge in [-0.1, -0.05) is 0 Å². The van der Waals surface area contributed by atoms with E-state index in [-0.39, 0.29) is 11.3 Å². The Hall–Kier alpha value is -1.42. The molecular weight excluding hydrogens is 278 g/mol. The third-order valence-corrected chi connectivity index (χ3v) is 4.07. The molecule has 1 saturated carbocycles. The van der Waals surface area contributed by atoms with Crippen LogP contribution in [0.25, 0.3) is 0 Å². The topological polar surface area (TPSA) is 47.6 Å². The minimum absolute atomic E-state index is 0.0935. The minimum Gasteiger partial charge on any atom is -0.493 e. The van der Waals surface area contributed by atoms with Crippen molar-refractivity contribution in [2.75, 3.05) is 20.8 Å². The number of amides is 1. The van der Waals surface area contributed by atoms with Crippen molar-refractivity contribution in [3.63, 3.8) is 0 Å². The Kier molecular flexibility index (Phi) is 5.12. The number of carbonyl (C=O) groups excluding carboxylic acids is 1. The normalized spacial score (nSPS) is 21.6. The summed E-state index contributed by atoms with van der Waals surface area (Å²) in [6.07, 6.45) is 3.10. The van der Waals surface area contributed by atoms with Crippen LogP contribution in [0.15, 0.2) is 18.2 Å². The zero-order valence-electron chi connectivity index (χ0n) is 11.8. The highest BCUT2D eigenvalue weighted by Crippen LogP contribution is 2.29. The lowest BCUT2D eigenvalue weighted by molar-refractivity contribution is 0.0947. The van der Waals surface area contributed by atoms with E-state index in [0.717, 1.165) is 19.3 Å². The van der Waals surface area contributed by atoms with Crippen molar-refractivity contribution in [1.82, 2.24) is 5.32 Å². The van der Waals surface area contributed by atoms with Crippen LogP contribution in [0.5, 0.6) is 11.5 Å². The minimum atomic E-state index is -0.0935. The molecular formula is C15H20ClNO3. The summed E-state index contributed by atoms with van der Waals surface area (Å²) in [5.74, 6) is 1.57. The molecule has 5 heteroatoms. The van der Waals surface area contributed by atoms with E-state index in [1.807, 2.05) is 0 Å². The molecule has 1 aliphatic rings. The first-order valence-corrected chi connectivity index (χ1v) is 7.22. The fourth-order valence-electron chi connectivity index (χ4n) is 2.52. The Labute approximate surface area is 124 Å². The number of rotatable bonds is 5. The molecule has 1 aromatic carbocycles. The van der Waals surface area contributed by atoms with Crippen LogP contribution in [0.3, 0.4) is 0 Å². The Bertz CT molecular complexity index is 478. The number of carbonyl (C=O) groups is 1. The quantitative estimate of drug-likeness (QED) is 0.850. The van der Waals surface area contributed by atoms with Gasteiger partial charge >= 0.3 is 0 Å². The lowest BCUT2D eigenvalue weighted by atomic mass is 10.1. The zero-order chi connectivity index (χ0) is 14.5. The summed E-state index contributed by atoms with van der Waals surface area (Å²) in [6.45, 7) is 0.677. The highest BCUT2D eigenvalue weighted by atomic mass is 35.5. The van der Waals surface area contributed by atoms with Gasteiger partial charge < -0.3 is 14.8 Å². The summed E-state index contributed by atoms with van der Waals surface area (Å²) < 4.78 is 10.3. The third-order valence-electron chi connectivity index (χ3n) is 3.67. The lowest BCUT2D eigenvalue weighted by Gasteiger charge is -2.12. The van der Waals surface area contributed by atoms with Gasteiger partial charge in [-0.2, -0.15) is 0 Å². The van der Waals surface area contributed by atoms with Gasteiger partial charge in [-0.3, -0.25) is 4.79 Å². The van der Waals surface area contributed by atoms with Gasteiger partial charge in [-0.15, -0.1) is 11.6 Å². The van der Waals surface area contributed by atoms with Gasteiger partial charge in [0.2, 0.25) is 0 Å². The van der Waals surface area contributed by atoms with Gasteiger partial charge in [-0.25, -0.2) is 0 Å². The van der Waals surface area contributed by atoms with E-state index < -0.39 is 0 Å². The van der Waals surface area contributed by atoms with E-state index >= 15 is 0 Å². The number of methoxy groups -OCH3 is 2. The summed E-state index contributed by atoms with van der Waals surface area (Å²) >= 11 is 6.07. The summed E-state index contributed by atoms with van der Waals surface area (Å²) in [5.41, 5.74) is 0.572. The molecule has 110 valence electrons. The third kappa shape index (κ3) is 3.57. The van der Waals surface area contributed by atoms with Crippen LogP contribution in [0.4, 0.5) is 0 Å². The Balaban J connectivity index is 1.95. The number of hydrogen-bond donors (Lipinski definition) is 1. The summed E-state index contributed by atoms with van der Waals surface area (Å²) in [4.78, 5) is 12.1. The van der Waals surface area contributed by atoms with Gasteiger partial charge in [0.15, 0.2) is 11.5 Å². The molecule has 1 fully saturated rings. The van der Waals surface area contributed by atoms with E-state index in [1.54, 1.807) is 32.4 Å². The van der Waals surface area contributed by atoms with Crippen LogP contribution in [-0.4, -0.2) is 32.0 Å². The standard InChI is InChI=1S/C15H20ClNO3/c1-19-13-6-4-11(8-14(13)20-2)15(18)17-9-10-3-5-12(16)7-10/h4,6,8,10,12H,3,5,7,9H2,1-2H3,(H,17,18). The molecule has 0 spiro atoms. The zero-order valence-corrected chi connectivity index (χ0v) is 12.6. The fourth-order valence-corrected chi connectivity index (χ4v) is 2.89. The maximum atomic E-state index is 12.1. The van der Waals surface area contributed by atoms with Crippen molar-refractivity contribution in [3.05, 3.63) is 23.8 Å². The van der Waals surface area contributed by atoms with Gasteiger partial charge in [0, 0.05) is 17.5 Å². The second-order valence-corrected chi connectivity index (χ2v) is 5.67. The molecule has 2 unspecified atom stereocenters. The number of benzene rings is 1. The lowest BCUT2D eigenvalue weighted by Crippen LogP contribution is -2.28. The summed E-state index contributed by atoms with van der Waals surface area (Å²) in [6, 6.07) is 5.15. The summed E-state index contributed by atoms with van der Waals surface area (Å²) in [5, 5.41) is 3.22. The van der Waals surface area contributed by atoms with Gasteiger partial charge in [0.1, 0.15) is 0 Å². The number of alkyl halides is 1. The van der Waals surface area contributed by atoms with Crippen LogP contribution < -0.4 is 14.8 Å². The molecule has 0 radical (unpaired) electrons. The first-order chi connectivity index (χ1) is 9.63. The Morgan fingerprint density at radius 2 is 2.05 bits per heavy atom. The average Bonchev–Trinajstić information content (AvgIpc) is 2.89. The van der Waals surface area contributed by atoms with Crippen LogP contribution in [0, 0.1) is 5.92 Å². The second-order valence-electron chi connectivity index (χ2n) is 5.06. The predicted molar refractivity (Wildman–Crippen MR) is 78.9 cm³/mol. The molecule has 0 heterocycles. The number of hydrogen-bond acceptors (Lipinski definition) is 3. The first-order valence-electron chi connectivity index (χ1n) is 6.78.